The first-order chi connectivity index (χ1) is 8.58. The molecule has 1 rings (SSSR count). The minimum absolute atomic E-state index is 0.0442. The summed E-state index contributed by atoms with van der Waals surface area (Å²) in [5.74, 6) is -1.48. The third-order valence-electron chi connectivity index (χ3n) is 1.78. The van der Waals surface area contributed by atoms with Crippen molar-refractivity contribution in [1.29, 1.82) is 0 Å². The lowest BCUT2D eigenvalue weighted by molar-refractivity contribution is -0.138. The summed E-state index contributed by atoms with van der Waals surface area (Å²) in [5, 5.41) is 15.8. The van der Waals surface area contributed by atoms with E-state index in [-0.39, 0.29) is 23.0 Å². The fourth-order valence-corrected chi connectivity index (χ4v) is 1.10. The summed E-state index contributed by atoms with van der Waals surface area (Å²) in [6.45, 7) is 1.75. The molecule has 96 valence electrons. The summed E-state index contributed by atoms with van der Waals surface area (Å²) in [4.78, 5) is 11.2. The molecule has 0 bridgehead atoms. The van der Waals surface area contributed by atoms with Crippen molar-refractivity contribution < 1.29 is 19.0 Å². The Bertz CT molecular complexity index is 503. The first-order valence-electron chi connectivity index (χ1n) is 4.96. The van der Waals surface area contributed by atoms with Gasteiger partial charge in [0.2, 0.25) is 5.70 Å². The predicted octanol–water partition coefficient (Wildman–Crippen LogP) is 3.53. The summed E-state index contributed by atoms with van der Waals surface area (Å²) < 4.78 is 17.7. The molecular formula is C11H10ClFN2O3. The third-order valence-corrected chi connectivity index (χ3v) is 2.09. The Balaban J connectivity index is 2.84. The Kier molecular flexibility index (Phi) is 5.26. The number of esters is 1. The molecule has 1 aromatic carbocycles. The number of azo groups is 1. The molecule has 0 aliphatic heterocycles. The normalized spacial score (nSPS) is 11.8. The number of rotatable bonds is 4. The van der Waals surface area contributed by atoms with Gasteiger partial charge in [-0.15, -0.1) is 5.11 Å². The van der Waals surface area contributed by atoms with Crippen LogP contribution in [0.5, 0.6) is 0 Å². The Labute approximate surface area is 108 Å². The Morgan fingerprint density at radius 1 is 1.61 bits per heavy atom. The average molecular weight is 273 g/mol. The molecule has 0 radical (unpaired) electrons. The highest BCUT2D eigenvalue weighted by Gasteiger charge is 2.09. The largest absolute Gasteiger partial charge is 0.513 e. The molecule has 7 heteroatoms. The van der Waals surface area contributed by atoms with Gasteiger partial charge in [-0.2, -0.15) is 5.11 Å². The zero-order valence-electron chi connectivity index (χ0n) is 9.43. The smallest absolute Gasteiger partial charge is 0.362 e. The van der Waals surface area contributed by atoms with Gasteiger partial charge in [-0.05, 0) is 19.1 Å². The van der Waals surface area contributed by atoms with Crippen LogP contribution in [0.2, 0.25) is 5.02 Å². The predicted molar refractivity (Wildman–Crippen MR) is 63.3 cm³/mol. The molecule has 0 spiro atoms. The zero-order valence-corrected chi connectivity index (χ0v) is 10.2. The number of hydrogen-bond acceptors (Lipinski definition) is 5. The van der Waals surface area contributed by atoms with E-state index in [0.717, 1.165) is 6.07 Å². The van der Waals surface area contributed by atoms with E-state index < -0.39 is 11.8 Å². The van der Waals surface area contributed by atoms with E-state index in [1.807, 2.05) is 0 Å². The Hall–Kier alpha value is -1.95. The van der Waals surface area contributed by atoms with Crippen molar-refractivity contribution in [3.63, 3.8) is 0 Å². The van der Waals surface area contributed by atoms with Gasteiger partial charge in [0.05, 0.1) is 17.3 Å². The second-order valence-corrected chi connectivity index (χ2v) is 3.44. The van der Waals surface area contributed by atoms with Crippen molar-refractivity contribution in [1.82, 2.24) is 0 Å². The van der Waals surface area contributed by atoms with Crippen LogP contribution < -0.4 is 0 Å². The monoisotopic (exact) mass is 272 g/mol. The molecule has 0 saturated carbocycles. The molecule has 0 saturated heterocycles. The van der Waals surface area contributed by atoms with Crippen LogP contribution in [0.1, 0.15) is 6.92 Å². The number of nitrogens with zero attached hydrogens (tertiary/aromatic N) is 2. The van der Waals surface area contributed by atoms with Crippen LogP contribution >= 0.6 is 11.6 Å². The molecule has 0 atom stereocenters. The van der Waals surface area contributed by atoms with Crippen LogP contribution in [-0.2, 0) is 9.53 Å². The second kappa shape index (κ2) is 6.70. The van der Waals surface area contributed by atoms with Crippen molar-refractivity contribution in [3.8, 4) is 0 Å². The first-order valence-corrected chi connectivity index (χ1v) is 5.34. The number of carbonyl (C=O) groups excluding carboxylic acids is 1. The number of hydrogen-bond donors (Lipinski definition) is 1. The number of aliphatic hydroxyl groups is 1. The fourth-order valence-electron chi connectivity index (χ4n) is 0.983. The van der Waals surface area contributed by atoms with E-state index in [9.17, 15) is 9.18 Å². The maximum atomic E-state index is 13.1. The quantitative estimate of drug-likeness (QED) is 0.394. The minimum atomic E-state index is -0.821. The number of aliphatic hydroxyl groups excluding tert-OH is 1. The van der Waals surface area contributed by atoms with E-state index in [1.54, 1.807) is 6.92 Å². The first kappa shape index (κ1) is 14.1. The van der Waals surface area contributed by atoms with Gasteiger partial charge >= 0.3 is 5.97 Å². The SMILES string of the molecule is CCOC(=O)/C(=C\O)N=Nc1ccc(Cl)c(F)c1. The molecule has 0 fully saturated rings. The van der Waals surface area contributed by atoms with Crippen molar-refractivity contribution in [3.05, 3.63) is 41.0 Å². The zero-order chi connectivity index (χ0) is 13.5. The van der Waals surface area contributed by atoms with Crippen LogP contribution in [0.15, 0.2) is 40.4 Å². The highest BCUT2D eigenvalue weighted by molar-refractivity contribution is 6.30. The maximum Gasteiger partial charge on any atom is 0.362 e. The van der Waals surface area contributed by atoms with Crippen molar-refractivity contribution in [2.75, 3.05) is 6.61 Å². The van der Waals surface area contributed by atoms with E-state index >= 15 is 0 Å². The van der Waals surface area contributed by atoms with Crippen LogP contribution in [0, 0.1) is 5.82 Å². The van der Waals surface area contributed by atoms with E-state index in [2.05, 4.69) is 15.0 Å². The molecule has 1 N–H and O–H groups in total. The molecule has 1 aromatic rings. The molecule has 5 nitrogen and oxygen atoms in total. The van der Waals surface area contributed by atoms with Crippen LogP contribution in [0.4, 0.5) is 10.1 Å². The third kappa shape index (κ3) is 3.81. The number of carbonyl (C=O) groups is 1. The molecule has 0 unspecified atom stereocenters. The van der Waals surface area contributed by atoms with Gasteiger partial charge in [-0.1, -0.05) is 11.6 Å². The maximum absolute atomic E-state index is 13.1. The van der Waals surface area contributed by atoms with Crippen LogP contribution in [0.3, 0.4) is 0 Å². The van der Waals surface area contributed by atoms with Gasteiger partial charge in [0.1, 0.15) is 12.1 Å². The molecule has 0 aromatic heterocycles. The fraction of sp³-hybridized carbons (Fsp3) is 0.182. The molecule has 0 aliphatic carbocycles. The summed E-state index contributed by atoms with van der Waals surface area (Å²) in [5.41, 5.74) is -0.229. The highest BCUT2D eigenvalue weighted by atomic mass is 35.5. The lowest BCUT2D eigenvalue weighted by Crippen LogP contribution is -2.05. The van der Waals surface area contributed by atoms with E-state index in [4.69, 9.17) is 16.7 Å². The number of halogens is 2. The summed E-state index contributed by atoms with van der Waals surface area (Å²) >= 11 is 5.49. The minimum Gasteiger partial charge on any atom is -0.513 e. The molecule has 0 amide bonds. The molecule has 0 heterocycles. The van der Waals surface area contributed by atoms with Crippen LogP contribution in [0.25, 0.3) is 0 Å². The Morgan fingerprint density at radius 2 is 2.33 bits per heavy atom. The topological polar surface area (TPSA) is 71.2 Å². The number of ether oxygens (including phenoxy) is 1. The average Bonchev–Trinajstić information content (AvgIpc) is 2.34. The summed E-state index contributed by atoms with van der Waals surface area (Å²) in [6.07, 6.45) is 0.466. The highest BCUT2D eigenvalue weighted by Crippen LogP contribution is 2.21. The van der Waals surface area contributed by atoms with Gasteiger partial charge in [0, 0.05) is 6.07 Å². The van der Waals surface area contributed by atoms with Gasteiger partial charge in [0.15, 0.2) is 0 Å². The van der Waals surface area contributed by atoms with Gasteiger partial charge < -0.3 is 9.84 Å². The van der Waals surface area contributed by atoms with E-state index in [1.165, 1.54) is 12.1 Å². The molecule has 18 heavy (non-hydrogen) atoms. The summed E-state index contributed by atoms with van der Waals surface area (Å²) in [6, 6.07) is 3.76. The lowest BCUT2D eigenvalue weighted by Gasteiger charge is -1.99. The molecular weight excluding hydrogens is 263 g/mol. The standard InChI is InChI=1S/C11H10ClFN2O3/c1-2-18-11(17)10(6-16)15-14-7-3-4-8(12)9(13)5-7/h3-6,16H,2H2,1H3/b10-6+,15-14?. The van der Waals surface area contributed by atoms with Gasteiger partial charge in [0.25, 0.3) is 0 Å². The second-order valence-electron chi connectivity index (χ2n) is 3.03. The summed E-state index contributed by atoms with van der Waals surface area (Å²) in [7, 11) is 0. The van der Waals surface area contributed by atoms with Crippen molar-refractivity contribution in [2.24, 2.45) is 10.2 Å². The lowest BCUT2D eigenvalue weighted by atomic mass is 10.3. The Morgan fingerprint density at radius 3 is 2.89 bits per heavy atom. The van der Waals surface area contributed by atoms with Gasteiger partial charge in [-0.3, -0.25) is 0 Å². The van der Waals surface area contributed by atoms with Crippen molar-refractivity contribution >= 4 is 23.3 Å². The van der Waals surface area contributed by atoms with Crippen molar-refractivity contribution in [2.45, 2.75) is 6.92 Å². The number of benzene rings is 1. The van der Waals surface area contributed by atoms with E-state index in [0.29, 0.717) is 6.26 Å². The van der Waals surface area contributed by atoms with Crippen LogP contribution in [-0.4, -0.2) is 17.7 Å². The van der Waals surface area contributed by atoms with Gasteiger partial charge in [-0.25, -0.2) is 9.18 Å². The molecule has 0 aliphatic rings.